The lowest BCUT2D eigenvalue weighted by Gasteiger charge is -2.36. The molecule has 1 atom stereocenters. The number of ether oxygens (including phenoxy) is 1. The van der Waals surface area contributed by atoms with E-state index in [1.165, 1.54) is 16.6 Å². The molecule has 0 aliphatic heterocycles. The number of carbonyl (C=O) groups excluding carboxylic acids is 1. The molecule has 1 amide bonds. The Kier molecular flexibility index (Phi) is 8.06. The number of methoxy groups -OCH3 is 1. The van der Waals surface area contributed by atoms with Crippen LogP contribution in [0.25, 0.3) is 0 Å². The highest BCUT2D eigenvalue weighted by atomic mass is 32.2. The molecule has 0 fully saturated rings. The van der Waals surface area contributed by atoms with E-state index in [1.807, 2.05) is 35.9 Å². The van der Waals surface area contributed by atoms with Crippen molar-refractivity contribution in [2.45, 2.75) is 58.0 Å². The summed E-state index contributed by atoms with van der Waals surface area (Å²) in [6.45, 7) is 6.90. The fraction of sp³-hybridized carbons (Fsp3) is 0.481. The molecule has 0 spiro atoms. The molecule has 0 saturated heterocycles. The Hall–Kier alpha value is -2.83. The van der Waals surface area contributed by atoms with Crippen molar-refractivity contribution in [1.29, 1.82) is 5.26 Å². The van der Waals surface area contributed by atoms with Crippen LogP contribution >= 0.6 is 23.1 Å². The molecule has 0 saturated carbocycles. The lowest BCUT2D eigenvalue weighted by Crippen LogP contribution is -2.28. The van der Waals surface area contributed by atoms with Gasteiger partial charge in [0, 0.05) is 18.3 Å². The molecule has 1 aliphatic carbocycles. The predicted molar refractivity (Wildman–Crippen MR) is 145 cm³/mol. The quantitative estimate of drug-likeness (QED) is 0.366. The summed E-state index contributed by atoms with van der Waals surface area (Å²) in [5.41, 5.74) is 3.15. The standard InChI is InChI=1S/C27H33N5O2S2/c1-6-27(2,3)18-9-12-20-21(15-28)25(36-22(20)14-18)29-24(33)16-35-26-31-30-23(32(26)4)13-17-7-10-19(34-5)11-8-17/h7-8,10-11,18H,6,9,12-14,16H2,1-5H3,(H,29,33). The van der Waals surface area contributed by atoms with Gasteiger partial charge in [0.25, 0.3) is 0 Å². The maximum atomic E-state index is 12.8. The van der Waals surface area contributed by atoms with E-state index in [0.29, 0.717) is 28.1 Å². The molecule has 2 aromatic heterocycles. The van der Waals surface area contributed by atoms with Gasteiger partial charge in [-0.3, -0.25) is 4.79 Å². The van der Waals surface area contributed by atoms with Crippen LogP contribution in [0.3, 0.4) is 0 Å². The topological polar surface area (TPSA) is 92.8 Å². The molecule has 0 radical (unpaired) electrons. The molecule has 36 heavy (non-hydrogen) atoms. The zero-order valence-electron chi connectivity index (χ0n) is 21.6. The largest absolute Gasteiger partial charge is 0.497 e. The number of hydrogen-bond acceptors (Lipinski definition) is 7. The number of amides is 1. The molecule has 4 rings (SSSR count). The maximum absolute atomic E-state index is 12.8. The predicted octanol–water partition coefficient (Wildman–Crippen LogP) is 5.62. The minimum atomic E-state index is -0.139. The van der Waals surface area contributed by atoms with E-state index in [9.17, 15) is 10.1 Å². The second-order valence-electron chi connectivity index (χ2n) is 9.92. The van der Waals surface area contributed by atoms with Crippen LogP contribution in [0.5, 0.6) is 5.75 Å². The van der Waals surface area contributed by atoms with Gasteiger partial charge in [-0.05, 0) is 53.9 Å². The van der Waals surface area contributed by atoms with Crippen molar-refractivity contribution in [2.24, 2.45) is 18.4 Å². The van der Waals surface area contributed by atoms with Crippen LogP contribution in [0.2, 0.25) is 0 Å². The fourth-order valence-corrected chi connectivity index (χ4v) is 6.62. The first-order chi connectivity index (χ1) is 17.2. The van der Waals surface area contributed by atoms with Gasteiger partial charge in [-0.25, -0.2) is 0 Å². The van der Waals surface area contributed by atoms with E-state index in [4.69, 9.17) is 4.74 Å². The Labute approximate surface area is 221 Å². The van der Waals surface area contributed by atoms with E-state index in [0.717, 1.165) is 48.4 Å². The van der Waals surface area contributed by atoms with Crippen LogP contribution in [-0.2, 0) is 31.1 Å². The van der Waals surface area contributed by atoms with Crippen LogP contribution in [0, 0.1) is 22.7 Å². The summed E-state index contributed by atoms with van der Waals surface area (Å²) in [5, 5.41) is 22.8. The van der Waals surface area contributed by atoms with Crippen molar-refractivity contribution in [1.82, 2.24) is 14.8 Å². The third kappa shape index (κ3) is 5.60. The van der Waals surface area contributed by atoms with E-state index in [1.54, 1.807) is 18.4 Å². The van der Waals surface area contributed by atoms with Crippen molar-refractivity contribution in [3.63, 3.8) is 0 Å². The Morgan fingerprint density at radius 3 is 2.75 bits per heavy atom. The van der Waals surface area contributed by atoms with Crippen molar-refractivity contribution in [3.05, 3.63) is 51.7 Å². The average Bonchev–Trinajstić information content (AvgIpc) is 3.41. The number of thiophene rings is 1. The van der Waals surface area contributed by atoms with Gasteiger partial charge in [0.2, 0.25) is 5.91 Å². The number of nitrogens with one attached hydrogen (secondary N) is 1. The first-order valence-electron chi connectivity index (χ1n) is 12.2. The Bertz CT molecular complexity index is 1270. The van der Waals surface area contributed by atoms with Gasteiger partial charge in [-0.2, -0.15) is 5.26 Å². The summed E-state index contributed by atoms with van der Waals surface area (Å²) < 4.78 is 7.13. The van der Waals surface area contributed by atoms with Crippen LogP contribution in [0.1, 0.15) is 61.0 Å². The van der Waals surface area contributed by atoms with Gasteiger partial charge in [0.15, 0.2) is 5.16 Å². The number of aromatic nitrogens is 3. The van der Waals surface area contributed by atoms with Gasteiger partial charge < -0.3 is 14.6 Å². The van der Waals surface area contributed by atoms with Crippen molar-refractivity contribution in [3.8, 4) is 11.8 Å². The first kappa shape index (κ1) is 26.2. The second-order valence-corrected chi connectivity index (χ2v) is 12.0. The van der Waals surface area contributed by atoms with Gasteiger partial charge in [-0.1, -0.05) is 51.1 Å². The van der Waals surface area contributed by atoms with Crippen molar-refractivity contribution >= 4 is 34.0 Å². The Balaban J connectivity index is 1.38. The van der Waals surface area contributed by atoms with Crippen LogP contribution in [-0.4, -0.2) is 33.5 Å². The molecule has 1 aromatic carbocycles. The molecular formula is C27H33N5O2S2. The highest BCUT2D eigenvalue weighted by Gasteiger charge is 2.34. The first-order valence-corrected chi connectivity index (χ1v) is 14.0. The minimum Gasteiger partial charge on any atom is -0.497 e. The highest BCUT2D eigenvalue weighted by molar-refractivity contribution is 7.99. The normalized spacial score (nSPS) is 15.3. The van der Waals surface area contributed by atoms with Gasteiger partial charge >= 0.3 is 0 Å². The third-order valence-corrected chi connectivity index (χ3v) is 9.62. The number of anilines is 1. The Morgan fingerprint density at radius 1 is 1.33 bits per heavy atom. The fourth-order valence-electron chi connectivity index (χ4n) is 4.59. The summed E-state index contributed by atoms with van der Waals surface area (Å²) >= 11 is 2.92. The summed E-state index contributed by atoms with van der Waals surface area (Å²) in [4.78, 5) is 14.1. The summed E-state index contributed by atoms with van der Waals surface area (Å²) in [6.07, 6.45) is 4.75. The van der Waals surface area contributed by atoms with Crippen LogP contribution < -0.4 is 10.1 Å². The maximum Gasteiger partial charge on any atom is 0.235 e. The van der Waals surface area contributed by atoms with Gasteiger partial charge in [0.05, 0.1) is 18.4 Å². The van der Waals surface area contributed by atoms with Gasteiger partial charge in [-0.15, -0.1) is 21.5 Å². The molecule has 1 N–H and O–H groups in total. The van der Waals surface area contributed by atoms with E-state index in [-0.39, 0.29) is 17.1 Å². The molecule has 3 aromatic rings. The van der Waals surface area contributed by atoms with E-state index >= 15 is 0 Å². The summed E-state index contributed by atoms with van der Waals surface area (Å²) in [7, 11) is 3.56. The SMILES string of the molecule is CCC(C)(C)C1CCc2c(sc(NC(=O)CSc3nnc(Cc4ccc(OC)cc4)n3C)c2C#N)C1. The van der Waals surface area contributed by atoms with Crippen LogP contribution in [0.15, 0.2) is 29.4 Å². The van der Waals surface area contributed by atoms with Crippen molar-refractivity contribution in [2.75, 3.05) is 18.2 Å². The highest BCUT2D eigenvalue weighted by Crippen LogP contribution is 2.45. The third-order valence-electron chi connectivity index (χ3n) is 7.43. The number of rotatable bonds is 9. The number of nitrogens with zero attached hydrogens (tertiary/aromatic N) is 4. The average molecular weight is 524 g/mol. The lowest BCUT2D eigenvalue weighted by atomic mass is 9.69. The number of thioether (sulfide) groups is 1. The van der Waals surface area contributed by atoms with Gasteiger partial charge in [0.1, 0.15) is 22.6 Å². The molecule has 9 heteroatoms. The van der Waals surface area contributed by atoms with E-state index in [2.05, 4.69) is 42.4 Å². The molecule has 190 valence electrons. The number of hydrogen-bond donors (Lipinski definition) is 1. The molecule has 1 aliphatic rings. The zero-order valence-corrected chi connectivity index (χ0v) is 23.2. The molecule has 1 unspecified atom stereocenters. The number of carbonyl (C=O) groups is 1. The lowest BCUT2D eigenvalue weighted by molar-refractivity contribution is -0.113. The van der Waals surface area contributed by atoms with Crippen molar-refractivity contribution < 1.29 is 9.53 Å². The number of fused-ring (bicyclic) bond motifs is 1. The minimum absolute atomic E-state index is 0.139. The molecule has 7 nitrogen and oxygen atoms in total. The molecule has 2 heterocycles. The zero-order chi connectivity index (χ0) is 25.9. The summed E-state index contributed by atoms with van der Waals surface area (Å²) in [6, 6.07) is 10.2. The molecule has 0 bridgehead atoms. The van der Waals surface area contributed by atoms with Crippen LogP contribution in [0.4, 0.5) is 5.00 Å². The summed E-state index contributed by atoms with van der Waals surface area (Å²) in [5.74, 6) is 2.30. The number of benzene rings is 1. The Morgan fingerprint density at radius 2 is 2.08 bits per heavy atom. The van der Waals surface area contributed by atoms with E-state index < -0.39 is 0 Å². The smallest absolute Gasteiger partial charge is 0.235 e. The number of nitriles is 1. The molecular weight excluding hydrogens is 490 g/mol. The monoisotopic (exact) mass is 523 g/mol. The second kappa shape index (κ2) is 11.1.